The van der Waals surface area contributed by atoms with Gasteiger partial charge in [0.2, 0.25) is 0 Å². The van der Waals surface area contributed by atoms with E-state index in [0.717, 1.165) is 30.6 Å². The Labute approximate surface area is 161 Å². The van der Waals surface area contributed by atoms with Crippen molar-refractivity contribution in [3.63, 3.8) is 0 Å². The van der Waals surface area contributed by atoms with Crippen molar-refractivity contribution in [3.8, 4) is 5.75 Å². The van der Waals surface area contributed by atoms with E-state index < -0.39 is 5.60 Å². The number of ether oxygens (including phenoxy) is 2. The molecule has 1 saturated carbocycles. The van der Waals surface area contributed by atoms with Gasteiger partial charge >= 0.3 is 161 Å². The normalized spacial score (nSPS) is 29.8. The number of hydrogen-bond acceptors (Lipinski definition) is 3. The molecule has 0 amide bonds. The molecule has 0 unspecified atom stereocenters. The molecular weight excluding hydrogens is 391 g/mol. The molecule has 0 bridgehead atoms. The van der Waals surface area contributed by atoms with Crippen LogP contribution in [0.25, 0.3) is 0 Å². The second-order valence-electron chi connectivity index (χ2n) is 7.35. The van der Waals surface area contributed by atoms with Crippen LogP contribution in [0.1, 0.15) is 37.7 Å². The number of methoxy groups -OCH3 is 1. The van der Waals surface area contributed by atoms with E-state index in [1.54, 1.807) is 0 Å². The Bertz CT molecular complexity index is 791. The Morgan fingerprint density at radius 1 is 1.15 bits per heavy atom. The van der Waals surface area contributed by atoms with Crippen LogP contribution in [-0.4, -0.2) is 33.6 Å². The summed E-state index contributed by atoms with van der Waals surface area (Å²) in [5.74, 6) is 1.01. The van der Waals surface area contributed by atoms with Crippen LogP contribution < -0.4 is 9.20 Å². The Hall–Kier alpha value is -1.77. The van der Waals surface area contributed by atoms with Crippen LogP contribution in [0.2, 0.25) is 4.82 Å². The summed E-state index contributed by atoms with van der Waals surface area (Å²) in [5.41, 5.74) is 0.516. The molecule has 0 aromatic heterocycles. The fraction of sp³-hybridized carbons (Fsp3) is 0.409. The van der Waals surface area contributed by atoms with Gasteiger partial charge in [-0.15, -0.1) is 0 Å². The molecule has 4 rings (SSSR count). The molecule has 4 heteroatoms. The van der Waals surface area contributed by atoms with Crippen molar-refractivity contribution in [1.82, 2.24) is 0 Å². The minimum atomic E-state index is -0.473. The van der Waals surface area contributed by atoms with E-state index in [9.17, 15) is 4.79 Å². The summed E-state index contributed by atoms with van der Waals surface area (Å²) in [7, 11) is 1.49. The van der Waals surface area contributed by atoms with Gasteiger partial charge in [0.1, 0.15) is 0 Å². The summed E-state index contributed by atoms with van der Waals surface area (Å²) in [5, 5.41) is 0. The van der Waals surface area contributed by atoms with Gasteiger partial charge in [-0.25, -0.2) is 0 Å². The number of carbonyl (C=O) groups excluding carboxylic acids is 1. The number of para-hydroxylation sites is 1. The van der Waals surface area contributed by atoms with E-state index >= 15 is 0 Å². The monoisotopic (exact) mass is 416 g/mol. The first-order chi connectivity index (χ1) is 12.6. The van der Waals surface area contributed by atoms with Crippen molar-refractivity contribution in [2.45, 2.75) is 42.5 Å². The van der Waals surface area contributed by atoms with Crippen molar-refractivity contribution < 1.29 is 14.3 Å². The molecule has 26 heavy (non-hydrogen) atoms. The van der Waals surface area contributed by atoms with Gasteiger partial charge < -0.3 is 0 Å². The average Bonchev–Trinajstić information content (AvgIpc) is 3.00. The molecule has 0 N–H and O–H groups in total. The second-order valence-corrected chi connectivity index (χ2v) is 10.0. The molecule has 136 valence electrons. The predicted octanol–water partition coefficient (Wildman–Crippen LogP) is 3.71. The number of carbonyl (C=O) groups is 1. The van der Waals surface area contributed by atoms with Gasteiger partial charge in [-0.2, -0.15) is 0 Å². The Morgan fingerprint density at radius 2 is 1.88 bits per heavy atom. The molecular formula is C22H24O3Se. The summed E-state index contributed by atoms with van der Waals surface area (Å²) in [6.45, 7) is 2.32. The van der Waals surface area contributed by atoms with Gasteiger partial charge in [0.25, 0.3) is 0 Å². The first kappa shape index (κ1) is 17.6. The van der Waals surface area contributed by atoms with Gasteiger partial charge in [-0.3, -0.25) is 0 Å². The number of fused-ring (bicyclic) bond motifs is 1. The van der Waals surface area contributed by atoms with Crippen LogP contribution in [0.15, 0.2) is 54.6 Å². The topological polar surface area (TPSA) is 35.5 Å². The summed E-state index contributed by atoms with van der Waals surface area (Å²) < 4.78 is 13.2. The first-order valence-corrected chi connectivity index (χ1v) is 11.1. The van der Waals surface area contributed by atoms with E-state index in [1.807, 2.05) is 24.3 Å². The van der Waals surface area contributed by atoms with Crippen LogP contribution in [-0.2, 0) is 9.53 Å². The van der Waals surface area contributed by atoms with Crippen molar-refractivity contribution in [3.05, 3.63) is 60.2 Å². The third kappa shape index (κ3) is 2.95. The van der Waals surface area contributed by atoms with E-state index in [4.69, 9.17) is 9.47 Å². The molecule has 1 spiro atoms. The maximum absolute atomic E-state index is 12.8. The standard InChI is InChI=1S/C22H24O3Se/c1-15-12-13-22(19(14-15)26-16-8-4-3-5-9-16)20(21(23)24-2)17-10-6-7-11-18(17)25-22/h3-11,15,19-20H,12-14H2,1-2H3/t15-,19+,20-,22+/m0/s1. The van der Waals surface area contributed by atoms with Crippen LogP contribution in [0.4, 0.5) is 0 Å². The average molecular weight is 415 g/mol. The zero-order valence-corrected chi connectivity index (χ0v) is 16.9. The van der Waals surface area contributed by atoms with Crippen LogP contribution in [0, 0.1) is 5.92 Å². The molecule has 2 aliphatic rings. The third-order valence-electron chi connectivity index (χ3n) is 5.67. The van der Waals surface area contributed by atoms with Gasteiger partial charge in [-0.1, -0.05) is 0 Å². The summed E-state index contributed by atoms with van der Waals surface area (Å²) in [6, 6.07) is 18.6. The van der Waals surface area contributed by atoms with Crippen molar-refractivity contribution in [2.75, 3.05) is 7.11 Å². The number of esters is 1. The summed E-state index contributed by atoms with van der Waals surface area (Å²) in [4.78, 5) is 13.2. The molecule has 1 aliphatic carbocycles. The molecule has 2 aromatic rings. The fourth-order valence-corrected chi connectivity index (χ4v) is 7.65. The van der Waals surface area contributed by atoms with Gasteiger partial charge in [0, 0.05) is 0 Å². The minimum absolute atomic E-state index is 0.168. The SMILES string of the molecule is COC(=O)[C@@H]1c2ccccc2O[C@@]12CC[C@H](C)C[C@H]2[Se]c1ccccc1. The van der Waals surface area contributed by atoms with E-state index in [0.29, 0.717) is 10.7 Å². The van der Waals surface area contributed by atoms with Crippen molar-refractivity contribution in [2.24, 2.45) is 5.92 Å². The zero-order valence-electron chi connectivity index (χ0n) is 15.2. The zero-order chi connectivity index (χ0) is 18.1. The predicted molar refractivity (Wildman–Crippen MR) is 103 cm³/mol. The molecule has 2 aromatic carbocycles. The quantitative estimate of drug-likeness (QED) is 0.566. The van der Waals surface area contributed by atoms with Gasteiger partial charge in [-0.05, 0) is 0 Å². The third-order valence-corrected chi connectivity index (χ3v) is 8.65. The molecule has 4 atom stereocenters. The number of benzene rings is 2. The Kier molecular flexibility index (Phi) is 4.81. The second kappa shape index (κ2) is 7.09. The summed E-state index contributed by atoms with van der Waals surface area (Å²) in [6.07, 6.45) is 3.08. The molecule has 0 saturated heterocycles. The Balaban J connectivity index is 1.76. The van der Waals surface area contributed by atoms with Crippen LogP contribution >= 0.6 is 0 Å². The number of rotatable bonds is 3. The van der Waals surface area contributed by atoms with Gasteiger partial charge in [0.15, 0.2) is 0 Å². The fourth-order valence-electron chi connectivity index (χ4n) is 4.36. The maximum atomic E-state index is 12.8. The molecule has 1 fully saturated rings. The summed E-state index contributed by atoms with van der Waals surface area (Å²) >= 11 is 0.240. The molecule has 0 radical (unpaired) electrons. The van der Waals surface area contributed by atoms with Crippen LogP contribution in [0.5, 0.6) is 5.75 Å². The molecule has 1 aliphatic heterocycles. The Morgan fingerprint density at radius 3 is 2.65 bits per heavy atom. The van der Waals surface area contributed by atoms with E-state index in [-0.39, 0.29) is 26.8 Å². The van der Waals surface area contributed by atoms with Crippen molar-refractivity contribution >= 4 is 25.4 Å². The first-order valence-electron chi connectivity index (χ1n) is 9.21. The van der Waals surface area contributed by atoms with E-state index in [2.05, 4.69) is 37.3 Å². The van der Waals surface area contributed by atoms with Gasteiger partial charge in [0.05, 0.1) is 0 Å². The van der Waals surface area contributed by atoms with E-state index in [1.165, 1.54) is 11.6 Å². The number of hydrogen-bond donors (Lipinski definition) is 0. The van der Waals surface area contributed by atoms with Crippen LogP contribution in [0.3, 0.4) is 0 Å². The molecule has 1 heterocycles. The molecule has 3 nitrogen and oxygen atoms in total. The van der Waals surface area contributed by atoms with Crippen molar-refractivity contribution in [1.29, 1.82) is 0 Å².